The average molecular weight is 327 g/mol. The van der Waals surface area contributed by atoms with E-state index in [4.69, 9.17) is 4.74 Å². The number of allylic oxidation sites excluding steroid dienone is 2. The van der Waals surface area contributed by atoms with Gasteiger partial charge in [0, 0.05) is 0 Å². The van der Waals surface area contributed by atoms with Gasteiger partial charge < -0.3 is 4.74 Å². The van der Waals surface area contributed by atoms with E-state index < -0.39 is 0 Å². The van der Waals surface area contributed by atoms with Crippen LogP contribution in [-0.4, -0.2) is 7.11 Å². The number of benzene rings is 1. The first-order valence-electron chi connectivity index (χ1n) is 9.97. The first-order chi connectivity index (χ1) is 11.6. The van der Waals surface area contributed by atoms with Crippen LogP contribution < -0.4 is 4.74 Å². The third-order valence-corrected chi connectivity index (χ3v) is 7.14. The lowest BCUT2D eigenvalue weighted by Crippen LogP contribution is -2.38. The van der Waals surface area contributed by atoms with Gasteiger partial charge in [-0.25, -0.2) is 0 Å². The SMILES string of the molecule is CC.COc1ccc2c(c1)CCCC1C2CCC2(C)C(C)=CCC12. The van der Waals surface area contributed by atoms with Gasteiger partial charge in [-0.05, 0) is 91.9 Å². The molecule has 0 N–H and O–H groups in total. The van der Waals surface area contributed by atoms with Crippen LogP contribution in [0.4, 0.5) is 0 Å². The lowest BCUT2D eigenvalue weighted by atomic mass is 9.57. The van der Waals surface area contributed by atoms with Crippen LogP contribution in [0.1, 0.15) is 76.8 Å². The first-order valence-corrected chi connectivity index (χ1v) is 9.97. The number of hydrogen-bond acceptors (Lipinski definition) is 1. The van der Waals surface area contributed by atoms with Crippen molar-refractivity contribution in [3.05, 3.63) is 41.0 Å². The van der Waals surface area contributed by atoms with Crippen LogP contribution in [0.2, 0.25) is 0 Å². The normalized spacial score (nSPS) is 33.9. The van der Waals surface area contributed by atoms with Crippen molar-refractivity contribution in [2.24, 2.45) is 17.3 Å². The molecule has 1 nitrogen and oxygen atoms in total. The summed E-state index contributed by atoms with van der Waals surface area (Å²) in [5.74, 6) is 3.55. The van der Waals surface area contributed by atoms with Crippen molar-refractivity contribution < 1.29 is 4.74 Å². The Morgan fingerprint density at radius 3 is 2.71 bits per heavy atom. The second kappa shape index (κ2) is 6.94. The molecule has 1 fully saturated rings. The summed E-state index contributed by atoms with van der Waals surface area (Å²) >= 11 is 0. The molecule has 132 valence electrons. The molecule has 4 unspecified atom stereocenters. The Kier molecular flexibility index (Phi) is 5.08. The van der Waals surface area contributed by atoms with Gasteiger partial charge in [0.05, 0.1) is 7.11 Å². The fourth-order valence-electron chi connectivity index (χ4n) is 5.67. The van der Waals surface area contributed by atoms with Crippen molar-refractivity contribution in [2.75, 3.05) is 7.11 Å². The molecule has 4 rings (SSSR count). The molecular formula is C23H34O. The van der Waals surface area contributed by atoms with Crippen molar-refractivity contribution in [1.82, 2.24) is 0 Å². The zero-order chi connectivity index (χ0) is 17.3. The molecule has 0 amide bonds. The minimum Gasteiger partial charge on any atom is -0.497 e. The molecule has 1 aromatic rings. The number of aryl methyl sites for hydroxylation is 1. The van der Waals surface area contributed by atoms with E-state index in [1.807, 2.05) is 13.8 Å². The molecule has 4 atom stereocenters. The number of ether oxygens (including phenoxy) is 1. The van der Waals surface area contributed by atoms with Gasteiger partial charge in [0.15, 0.2) is 0 Å². The monoisotopic (exact) mass is 326 g/mol. The molecule has 0 heterocycles. The number of fused-ring (bicyclic) bond motifs is 5. The van der Waals surface area contributed by atoms with Gasteiger partial charge in [-0.2, -0.15) is 0 Å². The summed E-state index contributed by atoms with van der Waals surface area (Å²) in [6.07, 6.45) is 10.6. The van der Waals surface area contributed by atoms with Crippen molar-refractivity contribution in [3.63, 3.8) is 0 Å². The highest BCUT2D eigenvalue weighted by Gasteiger charge is 2.49. The Labute approximate surface area is 148 Å². The summed E-state index contributed by atoms with van der Waals surface area (Å²) in [7, 11) is 1.78. The number of hydrogen-bond donors (Lipinski definition) is 0. The van der Waals surface area contributed by atoms with Crippen LogP contribution >= 0.6 is 0 Å². The quantitative estimate of drug-likeness (QED) is 0.533. The summed E-state index contributed by atoms with van der Waals surface area (Å²) in [5.41, 5.74) is 5.33. The predicted octanol–water partition coefficient (Wildman–Crippen LogP) is 6.52. The van der Waals surface area contributed by atoms with E-state index in [0.717, 1.165) is 23.5 Å². The minimum absolute atomic E-state index is 0.484. The van der Waals surface area contributed by atoms with E-state index >= 15 is 0 Å². The van der Waals surface area contributed by atoms with E-state index in [1.165, 1.54) is 38.5 Å². The van der Waals surface area contributed by atoms with Crippen molar-refractivity contribution in [3.8, 4) is 5.75 Å². The van der Waals surface area contributed by atoms with Crippen LogP contribution in [0.15, 0.2) is 29.8 Å². The van der Waals surface area contributed by atoms with Gasteiger partial charge in [0.1, 0.15) is 5.75 Å². The predicted molar refractivity (Wildman–Crippen MR) is 103 cm³/mol. The fraction of sp³-hybridized carbons (Fsp3) is 0.652. The van der Waals surface area contributed by atoms with E-state index in [2.05, 4.69) is 38.1 Å². The highest BCUT2D eigenvalue weighted by molar-refractivity contribution is 5.40. The lowest BCUT2D eigenvalue weighted by molar-refractivity contribution is 0.0819. The summed E-state index contributed by atoms with van der Waals surface area (Å²) in [4.78, 5) is 0. The molecular weight excluding hydrogens is 292 g/mol. The number of methoxy groups -OCH3 is 1. The molecule has 0 radical (unpaired) electrons. The average Bonchev–Trinajstić information content (AvgIpc) is 2.81. The number of rotatable bonds is 1. The van der Waals surface area contributed by atoms with Gasteiger partial charge >= 0.3 is 0 Å². The van der Waals surface area contributed by atoms with Gasteiger partial charge in [-0.3, -0.25) is 0 Å². The Bertz CT molecular complexity index is 614. The van der Waals surface area contributed by atoms with E-state index in [9.17, 15) is 0 Å². The maximum Gasteiger partial charge on any atom is 0.119 e. The third kappa shape index (κ3) is 2.70. The van der Waals surface area contributed by atoms with Crippen LogP contribution in [0.5, 0.6) is 5.75 Å². The molecule has 3 aliphatic carbocycles. The second-order valence-corrected chi connectivity index (χ2v) is 7.91. The first kappa shape index (κ1) is 17.6. The smallest absolute Gasteiger partial charge is 0.119 e. The summed E-state index contributed by atoms with van der Waals surface area (Å²) < 4.78 is 5.45. The van der Waals surface area contributed by atoms with E-state index in [1.54, 1.807) is 23.8 Å². The van der Waals surface area contributed by atoms with Crippen molar-refractivity contribution >= 4 is 0 Å². The molecule has 3 aliphatic rings. The van der Waals surface area contributed by atoms with E-state index in [-0.39, 0.29) is 0 Å². The molecule has 0 bridgehead atoms. The zero-order valence-corrected chi connectivity index (χ0v) is 16.2. The van der Waals surface area contributed by atoms with Gasteiger partial charge in [0.2, 0.25) is 0 Å². The Morgan fingerprint density at radius 1 is 1.17 bits per heavy atom. The molecule has 1 aromatic carbocycles. The topological polar surface area (TPSA) is 9.23 Å². The maximum absolute atomic E-state index is 5.45. The lowest BCUT2D eigenvalue weighted by Gasteiger charge is -2.47. The molecule has 0 spiro atoms. The van der Waals surface area contributed by atoms with Gasteiger partial charge in [-0.1, -0.05) is 38.5 Å². The molecule has 0 aliphatic heterocycles. The van der Waals surface area contributed by atoms with E-state index in [0.29, 0.717) is 5.41 Å². The standard InChI is InChI=1S/C21H28O.C2H6/c1-14-7-10-20-19-6-4-5-15-13-16(22-3)8-9-17(15)18(19)11-12-21(14,20)2;1-2/h7-9,13,18-20H,4-6,10-12H2,1-3H3;1-2H3. The fourth-order valence-corrected chi connectivity index (χ4v) is 5.67. The highest BCUT2D eigenvalue weighted by atomic mass is 16.5. The highest BCUT2D eigenvalue weighted by Crippen LogP contribution is 2.60. The van der Waals surface area contributed by atoms with Crippen molar-refractivity contribution in [2.45, 2.75) is 72.1 Å². The third-order valence-electron chi connectivity index (χ3n) is 7.14. The van der Waals surface area contributed by atoms with Crippen LogP contribution in [0.25, 0.3) is 0 Å². The molecule has 24 heavy (non-hydrogen) atoms. The van der Waals surface area contributed by atoms with Crippen LogP contribution in [0, 0.1) is 17.3 Å². The Balaban J connectivity index is 0.000000815. The Morgan fingerprint density at radius 2 is 1.96 bits per heavy atom. The van der Waals surface area contributed by atoms with Gasteiger partial charge in [-0.15, -0.1) is 0 Å². The maximum atomic E-state index is 5.45. The van der Waals surface area contributed by atoms with Crippen molar-refractivity contribution in [1.29, 1.82) is 0 Å². The molecule has 1 heteroatoms. The molecule has 0 aromatic heterocycles. The van der Waals surface area contributed by atoms with Crippen LogP contribution in [0.3, 0.4) is 0 Å². The Hall–Kier alpha value is -1.24. The zero-order valence-electron chi connectivity index (χ0n) is 16.2. The van der Waals surface area contributed by atoms with Crippen LogP contribution in [-0.2, 0) is 6.42 Å². The van der Waals surface area contributed by atoms with Gasteiger partial charge in [0.25, 0.3) is 0 Å². The minimum atomic E-state index is 0.484. The second-order valence-electron chi connectivity index (χ2n) is 7.91. The molecule has 0 saturated heterocycles. The summed E-state index contributed by atoms with van der Waals surface area (Å²) in [6.45, 7) is 8.91. The molecule has 1 saturated carbocycles. The summed E-state index contributed by atoms with van der Waals surface area (Å²) in [5, 5.41) is 0. The summed E-state index contributed by atoms with van der Waals surface area (Å²) in [6, 6.07) is 6.84. The largest absolute Gasteiger partial charge is 0.497 e.